The molecule has 3 aromatic carbocycles. The maximum atomic E-state index is 12.6. The molecule has 5 heteroatoms. The normalized spacial score (nSPS) is 10.8. The van der Waals surface area contributed by atoms with Crippen LogP contribution in [0.5, 0.6) is 0 Å². The Labute approximate surface area is 168 Å². The summed E-state index contributed by atoms with van der Waals surface area (Å²) in [6, 6.07) is 19.1. The first-order chi connectivity index (χ1) is 13.5. The van der Waals surface area contributed by atoms with Gasteiger partial charge < -0.3 is 11.1 Å². The lowest BCUT2D eigenvalue weighted by atomic mass is 9.98. The van der Waals surface area contributed by atoms with Gasteiger partial charge in [-0.1, -0.05) is 35.9 Å². The predicted octanol–water partition coefficient (Wildman–Crippen LogP) is 5.70. The summed E-state index contributed by atoms with van der Waals surface area (Å²) in [4.78, 5) is 16.8. The maximum Gasteiger partial charge on any atom is 0.257 e. The Balaban J connectivity index is 1.68. The lowest BCUT2D eigenvalue weighted by molar-refractivity contribution is 0.102. The second kappa shape index (κ2) is 7.33. The number of nitrogens with zero attached hydrogens (tertiary/aromatic N) is 1. The zero-order chi connectivity index (χ0) is 19.7. The van der Waals surface area contributed by atoms with Crippen LogP contribution >= 0.6 is 11.6 Å². The van der Waals surface area contributed by atoms with Gasteiger partial charge >= 0.3 is 0 Å². The molecule has 0 radical (unpaired) electrons. The molecule has 0 bridgehead atoms. The summed E-state index contributed by atoms with van der Waals surface area (Å²) < 4.78 is 0. The average Bonchev–Trinajstić information content (AvgIpc) is 2.71. The van der Waals surface area contributed by atoms with Gasteiger partial charge in [-0.3, -0.25) is 9.78 Å². The predicted molar refractivity (Wildman–Crippen MR) is 116 cm³/mol. The van der Waals surface area contributed by atoms with E-state index in [9.17, 15) is 4.79 Å². The van der Waals surface area contributed by atoms with Crippen molar-refractivity contribution in [2.75, 3.05) is 11.1 Å². The van der Waals surface area contributed by atoms with Gasteiger partial charge in [-0.15, -0.1) is 0 Å². The fourth-order valence-corrected chi connectivity index (χ4v) is 3.37. The Morgan fingerprint density at radius 3 is 2.75 bits per heavy atom. The number of nitrogens with one attached hydrogen (secondary N) is 1. The van der Waals surface area contributed by atoms with Crippen molar-refractivity contribution in [2.24, 2.45) is 0 Å². The molecule has 28 heavy (non-hydrogen) atoms. The third kappa shape index (κ3) is 3.42. The van der Waals surface area contributed by atoms with Crippen LogP contribution in [0.1, 0.15) is 15.9 Å². The van der Waals surface area contributed by atoms with Crippen molar-refractivity contribution in [3.63, 3.8) is 0 Å². The molecule has 0 aliphatic rings. The maximum absolute atomic E-state index is 12.6. The van der Waals surface area contributed by atoms with Gasteiger partial charge in [0.1, 0.15) is 0 Å². The number of hydrogen-bond acceptors (Lipinski definition) is 3. The fraction of sp³-hybridized carbons (Fsp3) is 0.0435. The van der Waals surface area contributed by atoms with Crippen LogP contribution in [0.3, 0.4) is 0 Å². The molecule has 1 amide bonds. The minimum atomic E-state index is -0.294. The van der Waals surface area contributed by atoms with Crippen molar-refractivity contribution in [3.8, 4) is 11.1 Å². The molecule has 0 atom stereocenters. The first kappa shape index (κ1) is 18.0. The summed E-state index contributed by atoms with van der Waals surface area (Å²) in [5.41, 5.74) is 10.5. The number of carbonyl (C=O) groups excluding carboxylic acids is 1. The number of amides is 1. The summed E-state index contributed by atoms with van der Waals surface area (Å²) in [7, 11) is 0. The van der Waals surface area contributed by atoms with Gasteiger partial charge in [-0.2, -0.15) is 0 Å². The molecule has 4 aromatic rings. The molecule has 4 rings (SSSR count). The van der Waals surface area contributed by atoms with Crippen LogP contribution in [-0.2, 0) is 0 Å². The number of para-hydroxylation sites is 1. The molecule has 138 valence electrons. The number of anilines is 2. The highest BCUT2D eigenvalue weighted by molar-refractivity contribution is 6.34. The van der Waals surface area contributed by atoms with Crippen LogP contribution in [0.4, 0.5) is 11.4 Å². The van der Waals surface area contributed by atoms with E-state index >= 15 is 0 Å². The highest BCUT2D eigenvalue weighted by Crippen LogP contribution is 2.30. The number of aryl methyl sites for hydroxylation is 1. The Kier molecular flexibility index (Phi) is 4.72. The largest absolute Gasteiger partial charge is 0.397 e. The monoisotopic (exact) mass is 387 g/mol. The number of hydrogen-bond donors (Lipinski definition) is 2. The molecule has 0 saturated carbocycles. The van der Waals surface area contributed by atoms with Gasteiger partial charge in [0.2, 0.25) is 0 Å². The lowest BCUT2D eigenvalue weighted by Gasteiger charge is -2.12. The van der Waals surface area contributed by atoms with Crippen molar-refractivity contribution < 1.29 is 4.79 Å². The van der Waals surface area contributed by atoms with Crippen molar-refractivity contribution >= 4 is 39.7 Å². The van der Waals surface area contributed by atoms with Gasteiger partial charge in [-0.25, -0.2) is 0 Å². The second-order valence-corrected chi connectivity index (χ2v) is 7.03. The molecular weight excluding hydrogens is 370 g/mol. The smallest absolute Gasteiger partial charge is 0.257 e. The van der Waals surface area contributed by atoms with Crippen LogP contribution in [0.25, 0.3) is 21.9 Å². The van der Waals surface area contributed by atoms with Gasteiger partial charge in [0.05, 0.1) is 16.3 Å². The number of rotatable bonds is 3. The first-order valence-corrected chi connectivity index (χ1v) is 9.21. The SMILES string of the molecule is Cc1ccc(NC(=O)c2cccc(Cl)c2N)cc1-c1ccc2ccncc2c1. The number of fused-ring (bicyclic) bond motifs is 1. The van der Waals surface area contributed by atoms with E-state index in [1.807, 2.05) is 37.4 Å². The van der Waals surface area contributed by atoms with Gasteiger partial charge in [0, 0.05) is 23.5 Å². The quantitative estimate of drug-likeness (QED) is 0.443. The molecule has 0 aliphatic heterocycles. The van der Waals surface area contributed by atoms with Gasteiger partial charge in [0.15, 0.2) is 0 Å². The van der Waals surface area contributed by atoms with Crippen LogP contribution in [-0.4, -0.2) is 10.9 Å². The van der Waals surface area contributed by atoms with Gasteiger partial charge in [0.25, 0.3) is 5.91 Å². The van der Waals surface area contributed by atoms with Crippen molar-refractivity contribution in [1.82, 2.24) is 4.98 Å². The number of nitrogen functional groups attached to an aromatic ring is 1. The molecule has 1 heterocycles. The number of carbonyl (C=O) groups is 1. The number of benzene rings is 3. The van der Waals surface area contributed by atoms with E-state index in [-0.39, 0.29) is 11.6 Å². The van der Waals surface area contributed by atoms with E-state index in [0.717, 1.165) is 27.5 Å². The second-order valence-electron chi connectivity index (χ2n) is 6.62. The number of pyridine rings is 1. The third-order valence-corrected chi connectivity index (χ3v) is 5.07. The first-order valence-electron chi connectivity index (χ1n) is 8.83. The Hall–Kier alpha value is -3.37. The summed E-state index contributed by atoms with van der Waals surface area (Å²) >= 11 is 6.02. The van der Waals surface area contributed by atoms with Crippen LogP contribution in [0, 0.1) is 6.92 Å². The van der Waals surface area contributed by atoms with Crippen molar-refractivity contribution in [1.29, 1.82) is 0 Å². The summed E-state index contributed by atoms with van der Waals surface area (Å²) in [6.07, 6.45) is 3.63. The lowest BCUT2D eigenvalue weighted by Crippen LogP contribution is -2.14. The van der Waals surface area contributed by atoms with Gasteiger partial charge in [-0.05, 0) is 65.4 Å². The standard InChI is InChI=1S/C23H18ClN3O/c1-14-5-8-18(27-23(28)19-3-2-4-21(24)22(19)25)12-20(14)16-7-6-15-9-10-26-13-17(15)11-16/h2-13H,25H2,1H3,(H,27,28). The number of aromatic nitrogens is 1. The van der Waals surface area contributed by atoms with Crippen LogP contribution < -0.4 is 11.1 Å². The van der Waals surface area contributed by atoms with E-state index in [2.05, 4.69) is 28.5 Å². The van der Waals surface area contributed by atoms with Crippen LogP contribution in [0.15, 0.2) is 73.1 Å². The molecule has 0 unspecified atom stereocenters. The third-order valence-electron chi connectivity index (χ3n) is 4.74. The molecule has 0 aliphatic carbocycles. The molecule has 0 fully saturated rings. The molecule has 1 aromatic heterocycles. The van der Waals surface area contributed by atoms with Crippen molar-refractivity contribution in [2.45, 2.75) is 6.92 Å². The summed E-state index contributed by atoms with van der Waals surface area (Å²) in [5.74, 6) is -0.294. The van der Waals surface area contributed by atoms with Crippen molar-refractivity contribution in [3.05, 3.63) is 89.2 Å². The minimum absolute atomic E-state index is 0.274. The van der Waals surface area contributed by atoms with Crippen LogP contribution in [0.2, 0.25) is 5.02 Å². The highest BCUT2D eigenvalue weighted by Gasteiger charge is 2.13. The van der Waals surface area contributed by atoms with E-state index in [0.29, 0.717) is 16.3 Å². The molecule has 0 spiro atoms. The topological polar surface area (TPSA) is 68.0 Å². The van der Waals surface area contributed by atoms with E-state index in [1.54, 1.807) is 24.4 Å². The number of nitrogens with two attached hydrogens (primary N) is 1. The summed E-state index contributed by atoms with van der Waals surface area (Å²) in [6.45, 7) is 2.04. The number of halogens is 1. The Bertz CT molecular complexity index is 1200. The average molecular weight is 388 g/mol. The Morgan fingerprint density at radius 2 is 1.89 bits per heavy atom. The molecule has 3 N–H and O–H groups in total. The van der Waals surface area contributed by atoms with E-state index < -0.39 is 0 Å². The Morgan fingerprint density at radius 1 is 1.04 bits per heavy atom. The molecular formula is C23H18ClN3O. The molecule has 4 nitrogen and oxygen atoms in total. The minimum Gasteiger partial charge on any atom is -0.397 e. The summed E-state index contributed by atoms with van der Waals surface area (Å²) in [5, 5.41) is 5.48. The fourth-order valence-electron chi connectivity index (χ4n) is 3.20. The zero-order valence-corrected chi connectivity index (χ0v) is 16.0. The van der Waals surface area contributed by atoms with E-state index in [4.69, 9.17) is 17.3 Å². The molecule has 0 saturated heterocycles. The van der Waals surface area contributed by atoms with E-state index in [1.165, 1.54) is 0 Å². The highest BCUT2D eigenvalue weighted by atomic mass is 35.5. The zero-order valence-electron chi connectivity index (χ0n) is 15.2.